The lowest BCUT2D eigenvalue weighted by molar-refractivity contribution is 0.0490. The van der Waals surface area contributed by atoms with Crippen LogP contribution in [0.2, 0.25) is 0 Å². The Morgan fingerprint density at radius 3 is 2.58 bits per heavy atom. The van der Waals surface area contributed by atoms with Gasteiger partial charge in [-0.25, -0.2) is 9.78 Å². The van der Waals surface area contributed by atoms with Crippen LogP contribution < -0.4 is 10.5 Å². The molecular weight excluding hydrogens is 484 g/mol. The molecule has 7 rings (SSSR count). The van der Waals surface area contributed by atoms with E-state index in [1.165, 1.54) is 0 Å². The Labute approximate surface area is 221 Å². The fraction of sp³-hybridized carbons (Fsp3) is 0.552. The second-order valence-electron chi connectivity index (χ2n) is 11.5. The highest BCUT2D eigenvalue weighted by atomic mass is 16.5. The predicted molar refractivity (Wildman–Crippen MR) is 140 cm³/mol. The van der Waals surface area contributed by atoms with Crippen molar-refractivity contribution < 1.29 is 18.7 Å². The number of rotatable bonds is 7. The minimum atomic E-state index is -0.422. The maximum absolute atomic E-state index is 13.6. The smallest absolute Gasteiger partial charge is 0.417 e. The van der Waals surface area contributed by atoms with Gasteiger partial charge in [0.25, 0.3) is 5.91 Å². The molecule has 1 amide bonds. The molecule has 38 heavy (non-hydrogen) atoms. The molecule has 9 nitrogen and oxygen atoms in total. The molecule has 0 radical (unpaired) electrons. The largest absolute Gasteiger partial charge is 0.477 e. The maximum atomic E-state index is 13.6. The highest BCUT2D eigenvalue weighted by Crippen LogP contribution is 2.40. The van der Waals surface area contributed by atoms with Crippen molar-refractivity contribution in [2.75, 3.05) is 46.0 Å². The molecular formula is C29H34N4O5. The molecule has 0 spiro atoms. The summed E-state index contributed by atoms with van der Waals surface area (Å²) in [5.41, 5.74) is 4.17. The molecule has 9 heteroatoms. The molecule has 3 aliphatic heterocycles. The van der Waals surface area contributed by atoms with Crippen LogP contribution in [-0.2, 0) is 11.3 Å². The summed E-state index contributed by atoms with van der Waals surface area (Å²) >= 11 is 0. The van der Waals surface area contributed by atoms with Gasteiger partial charge in [0, 0.05) is 69.2 Å². The van der Waals surface area contributed by atoms with Gasteiger partial charge in [-0.1, -0.05) is 6.07 Å². The van der Waals surface area contributed by atoms with E-state index >= 15 is 0 Å². The van der Waals surface area contributed by atoms with Gasteiger partial charge in [0.1, 0.15) is 0 Å². The van der Waals surface area contributed by atoms with Crippen LogP contribution >= 0.6 is 0 Å². The number of benzene rings is 1. The molecule has 5 heterocycles. The average Bonchev–Trinajstić information content (AvgIpc) is 3.46. The molecule has 4 aliphatic rings. The number of H-pyrrole nitrogens is 1. The second kappa shape index (κ2) is 9.85. The monoisotopic (exact) mass is 518 g/mol. The fourth-order valence-corrected chi connectivity index (χ4v) is 6.34. The summed E-state index contributed by atoms with van der Waals surface area (Å²) in [4.78, 5) is 37.0. The predicted octanol–water partition coefficient (Wildman–Crippen LogP) is 3.40. The van der Waals surface area contributed by atoms with Crippen LogP contribution in [0.3, 0.4) is 0 Å². The number of ether oxygens (including phenoxy) is 2. The number of hydrogen-bond donors (Lipinski definition) is 1. The zero-order chi connectivity index (χ0) is 25.6. The van der Waals surface area contributed by atoms with Crippen LogP contribution in [0.15, 0.2) is 39.5 Å². The van der Waals surface area contributed by atoms with Crippen molar-refractivity contribution in [3.8, 4) is 5.88 Å². The first-order valence-corrected chi connectivity index (χ1v) is 13.9. The number of pyridine rings is 1. The van der Waals surface area contributed by atoms with Crippen LogP contribution in [0.1, 0.15) is 53.2 Å². The maximum Gasteiger partial charge on any atom is 0.417 e. The van der Waals surface area contributed by atoms with Gasteiger partial charge in [-0.2, -0.15) is 0 Å². The number of oxazole rings is 1. The molecule has 3 saturated heterocycles. The van der Waals surface area contributed by atoms with Gasteiger partial charge in [0.05, 0.1) is 12.1 Å². The van der Waals surface area contributed by atoms with E-state index in [4.69, 9.17) is 18.9 Å². The van der Waals surface area contributed by atoms with Crippen molar-refractivity contribution in [3.05, 3.63) is 57.7 Å². The number of carbonyl (C=O) groups excluding carboxylic acids is 1. The Bertz CT molecular complexity index is 1380. The number of aromatic nitrogens is 2. The van der Waals surface area contributed by atoms with Crippen LogP contribution in [-0.4, -0.2) is 71.7 Å². The van der Waals surface area contributed by atoms with Crippen molar-refractivity contribution in [1.82, 2.24) is 19.8 Å². The van der Waals surface area contributed by atoms with E-state index in [1.807, 2.05) is 35.2 Å². The summed E-state index contributed by atoms with van der Waals surface area (Å²) in [6.07, 6.45) is 4.30. The molecule has 0 unspecified atom stereocenters. The lowest BCUT2D eigenvalue weighted by atomic mass is 10.0. The summed E-state index contributed by atoms with van der Waals surface area (Å²) in [5, 5.41) is 0. The summed E-state index contributed by atoms with van der Waals surface area (Å²) < 4.78 is 16.8. The molecule has 1 aliphatic carbocycles. The van der Waals surface area contributed by atoms with Crippen LogP contribution in [0.25, 0.3) is 11.1 Å². The molecule has 2 atom stereocenters. The molecule has 2 aromatic heterocycles. The molecule has 3 aromatic rings. The number of amides is 1. The molecule has 1 aromatic carbocycles. The number of fused-ring (bicyclic) bond motifs is 2. The number of likely N-dealkylation sites (tertiary alicyclic amines) is 2. The summed E-state index contributed by atoms with van der Waals surface area (Å²) in [7, 11) is 0. The second-order valence-corrected chi connectivity index (χ2v) is 11.5. The zero-order valence-corrected chi connectivity index (χ0v) is 21.6. The van der Waals surface area contributed by atoms with Crippen molar-refractivity contribution in [1.29, 1.82) is 0 Å². The first kappa shape index (κ1) is 23.9. The minimum Gasteiger partial charge on any atom is -0.477 e. The Kier molecular flexibility index (Phi) is 6.20. The highest BCUT2D eigenvalue weighted by molar-refractivity contribution is 5.95. The lowest BCUT2D eigenvalue weighted by Gasteiger charge is -2.23. The minimum absolute atomic E-state index is 0.0964. The average molecular weight is 519 g/mol. The van der Waals surface area contributed by atoms with Crippen LogP contribution in [0.5, 0.6) is 5.88 Å². The third kappa shape index (κ3) is 4.97. The summed E-state index contributed by atoms with van der Waals surface area (Å²) in [5.74, 6) is 2.15. The Morgan fingerprint density at radius 1 is 1.03 bits per heavy atom. The quantitative estimate of drug-likeness (QED) is 0.512. The van der Waals surface area contributed by atoms with E-state index in [1.54, 1.807) is 0 Å². The number of carbonyl (C=O) groups is 1. The molecule has 1 saturated carbocycles. The van der Waals surface area contributed by atoms with Gasteiger partial charge in [-0.15, -0.1) is 0 Å². The SMILES string of the molecule is O=C(c1cc(OCC2CCOCC2)nc(C2CC2)c1)N1C[C@@H]2CN(Cc3ccc4[nH]c(=O)oc4c3)C[C@H]2C1. The highest BCUT2D eigenvalue weighted by Gasteiger charge is 2.42. The normalized spacial score (nSPS) is 24.3. The van der Waals surface area contributed by atoms with E-state index in [-0.39, 0.29) is 5.91 Å². The van der Waals surface area contributed by atoms with Crippen molar-refractivity contribution >= 4 is 17.0 Å². The van der Waals surface area contributed by atoms with Gasteiger partial charge in [0.15, 0.2) is 5.58 Å². The molecule has 200 valence electrons. The third-order valence-electron chi connectivity index (χ3n) is 8.61. The first-order chi connectivity index (χ1) is 18.6. The standard InChI is InChI=1S/C29H34N4O5/c34-28(21-10-25(20-2-3-20)30-27(11-21)37-17-18-5-7-36-8-6-18)33-15-22-13-32(14-23(22)16-33)12-19-1-4-24-26(9-19)38-29(35)31-24/h1,4,9-11,18,20,22-23H,2-3,5-8,12-17H2,(H,31,35)/t22-,23-/m0/s1. The van der Waals surface area contributed by atoms with Crippen molar-refractivity contribution in [2.24, 2.45) is 17.8 Å². The number of nitrogens with one attached hydrogen (secondary N) is 1. The van der Waals surface area contributed by atoms with Gasteiger partial charge in [0.2, 0.25) is 5.88 Å². The molecule has 0 bridgehead atoms. The fourth-order valence-electron chi connectivity index (χ4n) is 6.34. The zero-order valence-electron chi connectivity index (χ0n) is 21.6. The lowest BCUT2D eigenvalue weighted by Crippen LogP contribution is -2.33. The van der Waals surface area contributed by atoms with E-state index in [0.717, 1.165) is 88.4 Å². The summed E-state index contributed by atoms with van der Waals surface area (Å²) in [6, 6.07) is 9.74. The Balaban J connectivity index is 0.989. The first-order valence-electron chi connectivity index (χ1n) is 13.9. The Morgan fingerprint density at radius 2 is 1.82 bits per heavy atom. The van der Waals surface area contributed by atoms with E-state index in [0.29, 0.717) is 47.3 Å². The number of hydrogen-bond acceptors (Lipinski definition) is 7. The number of aromatic amines is 1. The topological polar surface area (TPSA) is 101 Å². The van der Waals surface area contributed by atoms with E-state index in [9.17, 15) is 9.59 Å². The van der Waals surface area contributed by atoms with Gasteiger partial charge >= 0.3 is 5.76 Å². The van der Waals surface area contributed by atoms with Gasteiger partial charge in [-0.05, 0) is 67.2 Å². The van der Waals surface area contributed by atoms with Crippen molar-refractivity contribution in [2.45, 2.75) is 38.1 Å². The van der Waals surface area contributed by atoms with Crippen molar-refractivity contribution in [3.63, 3.8) is 0 Å². The van der Waals surface area contributed by atoms with Gasteiger partial charge in [-0.3, -0.25) is 14.7 Å². The van der Waals surface area contributed by atoms with Gasteiger partial charge < -0.3 is 18.8 Å². The third-order valence-corrected chi connectivity index (χ3v) is 8.61. The molecule has 1 N–H and O–H groups in total. The van der Waals surface area contributed by atoms with E-state index in [2.05, 4.69) is 9.88 Å². The van der Waals surface area contributed by atoms with Crippen LogP contribution in [0.4, 0.5) is 0 Å². The molecule has 4 fully saturated rings. The summed E-state index contributed by atoms with van der Waals surface area (Å²) in [6.45, 7) is 6.53. The number of nitrogens with zero attached hydrogens (tertiary/aromatic N) is 3. The Hall–Kier alpha value is -3.17. The van der Waals surface area contributed by atoms with Crippen LogP contribution in [0, 0.1) is 17.8 Å². The van der Waals surface area contributed by atoms with E-state index < -0.39 is 5.76 Å².